The number of nitrogens with one attached hydrogen (secondary N) is 3. The van der Waals surface area contributed by atoms with Gasteiger partial charge in [0.05, 0.1) is 24.5 Å². The molecule has 0 saturated carbocycles. The normalized spacial score (nSPS) is 13.0. The van der Waals surface area contributed by atoms with Crippen molar-refractivity contribution in [2.45, 2.75) is 161 Å². The molecule has 0 atom stereocenters. The van der Waals surface area contributed by atoms with Gasteiger partial charge in [-0.05, 0) is 44.7 Å². The van der Waals surface area contributed by atoms with Gasteiger partial charge in [0.25, 0.3) is 0 Å². The quantitative estimate of drug-likeness (QED) is 0.0443. The lowest BCUT2D eigenvalue weighted by Gasteiger charge is -2.41. The van der Waals surface area contributed by atoms with E-state index in [9.17, 15) is 32.1 Å². The molecule has 55 heavy (non-hydrogen) atoms. The summed E-state index contributed by atoms with van der Waals surface area (Å²) in [6.45, 7) is 13.8. The third kappa shape index (κ3) is 25.0. The highest BCUT2D eigenvalue weighted by atomic mass is 32.2. The first-order valence-electron chi connectivity index (χ1n) is 21.3. The number of amides is 4. The molecule has 0 bridgehead atoms. The van der Waals surface area contributed by atoms with Gasteiger partial charge in [-0.2, -0.15) is 0 Å². The van der Waals surface area contributed by atoms with E-state index in [1.54, 1.807) is 12.1 Å². The number of likely N-dealkylation sites (tertiary alicyclic amines) is 1. The molecule has 1 fully saturated rings. The maximum Gasteiger partial charge on any atom is 0.226 e. The number of unbranched alkanes of at least 4 members (excludes halogenated alkanes) is 11. The minimum Gasteiger partial charge on any atom is -0.744 e. The SMILES string of the molecule is CCCCCCCCCCCCCC(=O)NCCCC[N+](CCCNC(=O)CC)(CCCNC(=O)CC)CN1CCCC1=O.Cc1ccc(S(=O)(=O)[O-])cc1. The topological polar surface area (TPSA) is 165 Å². The zero-order valence-corrected chi connectivity index (χ0v) is 35.6. The van der Waals surface area contributed by atoms with Gasteiger partial charge in [0, 0.05) is 64.7 Å². The van der Waals surface area contributed by atoms with E-state index < -0.39 is 10.1 Å². The van der Waals surface area contributed by atoms with Crippen molar-refractivity contribution in [3.8, 4) is 0 Å². The summed E-state index contributed by atoms with van der Waals surface area (Å²) in [6.07, 6.45) is 20.7. The van der Waals surface area contributed by atoms with Crippen LogP contribution in [0.1, 0.15) is 155 Å². The zero-order valence-electron chi connectivity index (χ0n) is 34.8. The molecule has 0 radical (unpaired) electrons. The number of rotatable bonds is 30. The van der Waals surface area contributed by atoms with E-state index in [1.807, 2.05) is 25.7 Å². The Kier molecular flexibility index (Phi) is 27.4. The van der Waals surface area contributed by atoms with Crippen LogP contribution in [0.15, 0.2) is 29.2 Å². The van der Waals surface area contributed by atoms with Crippen molar-refractivity contribution >= 4 is 33.7 Å². The van der Waals surface area contributed by atoms with E-state index in [0.717, 1.165) is 81.2 Å². The number of hydrogen-bond donors (Lipinski definition) is 3. The lowest BCUT2D eigenvalue weighted by Crippen LogP contribution is -2.57. The average molecular weight is 794 g/mol. The Morgan fingerprint density at radius 3 is 1.62 bits per heavy atom. The second kappa shape index (κ2) is 30.2. The predicted octanol–water partition coefficient (Wildman–Crippen LogP) is 6.71. The lowest BCUT2D eigenvalue weighted by atomic mass is 10.1. The molecule has 12 nitrogen and oxygen atoms in total. The van der Waals surface area contributed by atoms with Gasteiger partial charge < -0.3 is 25.0 Å². The van der Waals surface area contributed by atoms with Crippen LogP contribution in [0.4, 0.5) is 0 Å². The van der Waals surface area contributed by atoms with E-state index in [1.165, 1.54) is 69.9 Å². The second-order valence-electron chi connectivity index (χ2n) is 15.1. The van der Waals surface area contributed by atoms with Crippen LogP contribution in [-0.4, -0.2) is 98.5 Å². The monoisotopic (exact) mass is 794 g/mol. The van der Waals surface area contributed by atoms with Gasteiger partial charge in [-0.25, -0.2) is 8.42 Å². The third-order valence-electron chi connectivity index (χ3n) is 10.2. The van der Waals surface area contributed by atoms with Crippen LogP contribution >= 0.6 is 0 Å². The number of hydrogen-bond acceptors (Lipinski definition) is 7. The Bertz CT molecular complexity index is 1300. The highest BCUT2D eigenvalue weighted by molar-refractivity contribution is 7.85. The molecule has 4 amide bonds. The highest BCUT2D eigenvalue weighted by Crippen LogP contribution is 2.19. The van der Waals surface area contributed by atoms with Gasteiger partial charge in [-0.15, -0.1) is 0 Å². The van der Waals surface area contributed by atoms with Crippen molar-refractivity contribution in [1.29, 1.82) is 0 Å². The summed E-state index contributed by atoms with van der Waals surface area (Å²) < 4.78 is 31.9. The molecule has 316 valence electrons. The fourth-order valence-corrected chi connectivity index (χ4v) is 7.31. The summed E-state index contributed by atoms with van der Waals surface area (Å²) in [5, 5.41) is 9.11. The molecular weight excluding hydrogens is 719 g/mol. The number of carbonyl (C=O) groups is 4. The Balaban J connectivity index is 0.00000117. The van der Waals surface area contributed by atoms with Gasteiger partial charge >= 0.3 is 0 Å². The van der Waals surface area contributed by atoms with E-state index in [2.05, 4.69) is 22.9 Å². The van der Waals surface area contributed by atoms with Crippen LogP contribution < -0.4 is 16.0 Å². The predicted molar refractivity (Wildman–Crippen MR) is 219 cm³/mol. The minimum atomic E-state index is -4.27. The summed E-state index contributed by atoms with van der Waals surface area (Å²) in [5.41, 5.74) is 0.928. The van der Waals surface area contributed by atoms with Crippen LogP contribution in [0.25, 0.3) is 0 Å². The minimum absolute atomic E-state index is 0.0593. The van der Waals surface area contributed by atoms with Crippen LogP contribution in [0.2, 0.25) is 0 Å². The largest absolute Gasteiger partial charge is 0.744 e. The first kappa shape index (κ1) is 50.0. The second-order valence-corrected chi connectivity index (χ2v) is 16.5. The van der Waals surface area contributed by atoms with E-state index >= 15 is 0 Å². The van der Waals surface area contributed by atoms with Gasteiger partial charge in [-0.1, -0.05) is 103 Å². The molecule has 1 heterocycles. The zero-order chi connectivity index (χ0) is 40.8. The lowest BCUT2D eigenvalue weighted by molar-refractivity contribution is -0.936. The maximum atomic E-state index is 12.6. The standard InChI is InChI=1S/C35H67N5O4.C7H8O3S/c1-4-7-8-9-10-11-12-13-14-15-16-22-34(43)38-24-17-18-28-40(29-20-25-36-32(41)5-2,30-21-26-37-33(42)6-3)31-39-27-19-23-35(39)44;1-6-2-4-7(5-3-6)11(8,9)10/h4-31H2,1-3H3,(H2-,36,37,38,41,42,43);2-5H,1H3,(H,8,9,10). The number of carbonyl (C=O) groups excluding carboxylic acids is 4. The number of benzene rings is 1. The van der Waals surface area contributed by atoms with Crippen molar-refractivity contribution < 1.29 is 36.6 Å². The molecule has 1 saturated heterocycles. The fourth-order valence-electron chi connectivity index (χ4n) is 6.84. The number of nitrogens with zero attached hydrogens (tertiary/aromatic N) is 2. The molecule has 1 aliphatic rings. The fraction of sp³-hybridized carbons (Fsp3) is 0.762. The smallest absolute Gasteiger partial charge is 0.226 e. The Morgan fingerprint density at radius 1 is 0.673 bits per heavy atom. The van der Waals surface area contributed by atoms with Crippen molar-refractivity contribution in [3.63, 3.8) is 0 Å². The summed E-state index contributed by atoms with van der Waals surface area (Å²) >= 11 is 0. The molecule has 13 heteroatoms. The molecule has 1 aromatic rings. The van der Waals surface area contributed by atoms with E-state index in [0.29, 0.717) is 52.0 Å². The van der Waals surface area contributed by atoms with Crippen LogP contribution in [0.5, 0.6) is 0 Å². The Morgan fingerprint density at radius 2 is 1.15 bits per heavy atom. The molecular formula is C42H75N5O7S. The molecule has 0 unspecified atom stereocenters. The van der Waals surface area contributed by atoms with Gasteiger partial charge in [0.1, 0.15) is 10.1 Å². The van der Waals surface area contributed by atoms with Gasteiger partial charge in [-0.3, -0.25) is 24.1 Å². The first-order valence-corrected chi connectivity index (χ1v) is 22.7. The summed E-state index contributed by atoms with van der Waals surface area (Å²) in [7, 11) is -4.27. The molecule has 2 rings (SSSR count). The summed E-state index contributed by atoms with van der Waals surface area (Å²) in [5.74, 6) is 0.497. The highest BCUT2D eigenvalue weighted by Gasteiger charge is 2.33. The average Bonchev–Trinajstić information content (AvgIpc) is 3.56. The van der Waals surface area contributed by atoms with Crippen molar-refractivity contribution in [2.24, 2.45) is 0 Å². The van der Waals surface area contributed by atoms with Gasteiger partial charge in [0.15, 0.2) is 6.67 Å². The summed E-state index contributed by atoms with van der Waals surface area (Å²) in [4.78, 5) is 50.4. The van der Waals surface area contributed by atoms with Gasteiger partial charge in [0.2, 0.25) is 23.6 Å². The third-order valence-corrected chi connectivity index (χ3v) is 11.1. The molecule has 0 aromatic heterocycles. The molecule has 0 spiro atoms. The first-order chi connectivity index (χ1) is 26.4. The maximum absolute atomic E-state index is 12.6. The molecule has 1 aromatic carbocycles. The number of aryl methyl sites for hydroxylation is 1. The van der Waals surface area contributed by atoms with Crippen LogP contribution in [0.3, 0.4) is 0 Å². The van der Waals surface area contributed by atoms with Crippen LogP contribution in [0, 0.1) is 6.92 Å². The van der Waals surface area contributed by atoms with Crippen molar-refractivity contribution in [1.82, 2.24) is 20.9 Å². The molecule has 3 N–H and O–H groups in total. The Labute approximate surface area is 333 Å². The van der Waals surface area contributed by atoms with Crippen molar-refractivity contribution in [2.75, 3.05) is 52.5 Å². The Hall–Kier alpha value is -3.03. The summed E-state index contributed by atoms with van der Waals surface area (Å²) in [6, 6.07) is 5.78. The molecule has 1 aliphatic heterocycles. The van der Waals surface area contributed by atoms with Crippen LogP contribution in [-0.2, 0) is 29.3 Å². The van der Waals surface area contributed by atoms with E-state index in [-0.39, 0.29) is 28.5 Å². The van der Waals surface area contributed by atoms with E-state index in [4.69, 9.17) is 0 Å². The number of quaternary nitrogens is 1. The molecule has 0 aliphatic carbocycles. The van der Waals surface area contributed by atoms with Crippen molar-refractivity contribution in [3.05, 3.63) is 29.8 Å².